The zero-order chi connectivity index (χ0) is 10.1. The number of nitro benzene ring substituents is 1. The third kappa shape index (κ3) is 1.31. The van der Waals surface area contributed by atoms with Crippen LogP contribution in [0.4, 0.5) is 11.4 Å². The van der Waals surface area contributed by atoms with Crippen molar-refractivity contribution in [3.05, 3.63) is 33.9 Å². The Morgan fingerprint density at radius 1 is 1.57 bits per heavy atom. The van der Waals surface area contributed by atoms with Gasteiger partial charge in [-0.2, -0.15) is 0 Å². The molecule has 1 aromatic rings. The zero-order valence-electron chi connectivity index (χ0n) is 7.56. The highest BCUT2D eigenvalue weighted by molar-refractivity contribution is 5.68. The van der Waals surface area contributed by atoms with Crippen molar-refractivity contribution >= 4 is 11.4 Å². The summed E-state index contributed by atoms with van der Waals surface area (Å²) in [5, 5.41) is 13.7. The number of anilines is 1. The minimum Gasteiger partial charge on any atom is -0.379 e. The molecule has 0 bridgehead atoms. The first kappa shape index (κ1) is 8.96. The van der Waals surface area contributed by atoms with Gasteiger partial charge in [0.05, 0.1) is 4.92 Å². The van der Waals surface area contributed by atoms with Gasteiger partial charge in [-0.05, 0) is 12.0 Å². The number of hydrogen-bond acceptors (Lipinski definition) is 4. The monoisotopic (exact) mass is 193 g/mol. The third-order valence-electron chi connectivity index (χ3n) is 2.43. The first-order valence-corrected chi connectivity index (χ1v) is 4.47. The number of hydrogen-bond donors (Lipinski definition) is 2. The van der Waals surface area contributed by atoms with E-state index >= 15 is 0 Å². The van der Waals surface area contributed by atoms with Crippen LogP contribution in [0, 0.1) is 10.1 Å². The molecule has 1 aliphatic rings. The molecule has 0 saturated heterocycles. The van der Waals surface area contributed by atoms with Gasteiger partial charge in [0.1, 0.15) is 5.69 Å². The Kier molecular flexibility index (Phi) is 2.09. The van der Waals surface area contributed by atoms with Gasteiger partial charge in [-0.15, -0.1) is 0 Å². The number of rotatable bonds is 1. The third-order valence-corrected chi connectivity index (χ3v) is 2.43. The van der Waals surface area contributed by atoms with Gasteiger partial charge in [0.2, 0.25) is 0 Å². The molecule has 14 heavy (non-hydrogen) atoms. The van der Waals surface area contributed by atoms with Crippen LogP contribution in [0.1, 0.15) is 18.0 Å². The van der Waals surface area contributed by atoms with Gasteiger partial charge in [-0.1, -0.05) is 12.1 Å². The van der Waals surface area contributed by atoms with E-state index in [1.165, 1.54) is 6.07 Å². The molecule has 0 aromatic heterocycles. The molecule has 5 nitrogen and oxygen atoms in total. The number of nitro groups is 1. The molecule has 3 N–H and O–H groups in total. The molecule has 0 radical (unpaired) electrons. The van der Waals surface area contributed by atoms with E-state index in [1.807, 2.05) is 6.07 Å². The Bertz CT molecular complexity index is 378. The molecule has 1 heterocycles. The summed E-state index contributed by atoms with van der Waals surface area (Å²) in [7, 11) is 0. The van der Waals surface area contributed by atoms with E-state index in [-0.39, 0.29) is 16.7 Å². The largest absolute Gasteiger partial charge is 0.379 e. The molecule has 74 valence electrons. The average molecular weight is 193 g/mol. The van der Waals surface area contributed by atoms with Gasteiger partial charge >= 0.3 is 0 Å². The molecule has 0 amide bonds. The lowest BCUT2D eigenvalue weighted by atomic mass is 9.98. The first-order valence-electron chi connectivity index (χ1n) is 4.47. The van der Waals surface area contributed by atoms with Crippen LogP contribution in [0.2, 0.25) is 0 Å². The van der Waals surface area contributed by atoms with Gasteiger partial charge in [-0.3, -0.25) is 10.1 Å². The highest BCUT2D eigenvalue weighted by Crippen LogP contribution is 2.35. The minimum absolute atomic E-state index is 0.0915. The summed E-state index contributed by atoms with van der Waals surface area (Å²) >= 11 is 0. The van der Waals surface area contributed by atoms with E-state index in [0.717, 1.165) is 12.0 Å². The summed E-state index contributed by atoms with van der Waals surface area (Å²) < 4.78 is 0. The lowest BCUT2D eigenvalue weighted by molar-refractivity contribution is -0.384. The summed E-state index contributed by atoms with van der Waals surface area (Å²) in [6, 6.07) is 4.90. The maximum absolute atomic E-state index is 10.7. The molecule has 1 aliphatic heterocycles. The quantitative estimate of drug-likeness (QED) is 0.522. The van der Waals surface area contributed by atoms with Crippen LogP contribution >= 0.6 is 0 Å². The van der Waals surface area contributed by atoms with E-state index in [4.69, 9.17) is 5.73 Å². The second-order valence-corrected chi connectivity index (χ2v) is 3.32. The second kappa shape index (κ2) is 3.26. The molecule has 1 atom stereocenters. The Hall–Kier alpha value is -1.62. The fraction of sp³-hybridized carbons (Fsp3) is 0.333. The fourth-order valence-corrected chi connectivity index (χ4v) is 1.72. The van der Waals surface area contributed by atoms with Crippen LogP contribution < -0.4 is 11.1 Å². The minimum atomic E-state index is -0.385. The average Bonchev–Trinajstić information content (AvgIpc) is 2.17. The normalized spacial score (nSPS) is 19.6. The van der Waals surface area contributed by atoms with E-state index < -0.39 is 0 Å². The molecule has 1 aromatic carbocycles. The van der Waals surface area contributed by atoms with Gasteiger partial charge in [0.15, 0.2) is 0 Å². The molecule has 0 spiro atoms. The molecule has 0 saturated carbocycles. The van der Waals surface area contributed by atoms with Crippen molar-refractivity contribution in [3.63, 3.8) is 0 Å². The van der Waals surface area contributed by atoms with Crippen molar-refractivity contribution in [1.82, 2.24) is 0 Å². The molecule has 5 heteroatoms. The van der Waals surface area contributed by atoms with E-state index in [2.05, 4.69) is 5.32 Å². The highest BCUT2D eigenvalue weighted by Gasteiger charge is 2.23. The van der Waals surface area contributed by atoms with Gasteiger partial charge < -0.3 is 11.1 Å². The zero-order valence-corrected chi connectivity index (χ0v) is 7.56. The van der Waals surface area contributed by atoms with Crippen molar-refractivity contribution in [3.8, 4) is 0 Å². The van der Waals surface area contributed by atoms with Crippen molar-refractivity contribution in [2.24, 2.45) is 5.73 Å². The summed E-state index contributed by atoms with van der Waals surface area (Å²) in [5.41, 5.74) is 7.38. The van der Waals surface area contributed by atoms with Crippen molar-refractivity contribution < 1.29 is 4.92 Å². The molecule has 0 aliphatic carbocycles. The van der Waals surface area contributed by atoms with Crippen molar-refractivity contribution in [2.75, 3.05) is 11.9 Å². The fourth-order valence-electron chi connectivity index (χ4n) is 1.72. The smallest absolute Gasteiger partial charge is 0.292 e. The predicted octanol–water partition coefficient (Wildman–Crippen LogP) is 1.41. The lowest BCUT2D eigenvalue weighted by Gasteiger charge is -2.22. The second-order valence-electron chi connectivity index (χ2n) is 3.32. The highest BCUT2D eigenvalue weighted by atomic mass is 16.6. The summed E-state index contributed by atoms with van der Waals surface area (Å²) in [6.45, 7) is 0.693. The van der Waals surface area contributed by atoms with Crippen LogP contribution in [0.25, 0.3) is 0 Å². The topological polar surface area (TPSA) is 81.2 Å². The number of benzene rings is 1. The maximum atomic E-state index is 10.7. The Labute approximate surface area is 81.1 Å². The van der Waals surface area contributed by atoms with E-state index in [1.54, 1.807) is 6.07 Å². The van der Waals surface area contributed by atoms with Crippen LogP contribution in [0.15, 0.2) is 18.2 Å². The van der Waals surface area contributed by atoms with Gasteiger partial charge in [-0.25, -0.2) is 0 Å². The van der Waals surface area contributed by atoms with Gasteiger partial charge in [0, 0.05) is 18.7 Å². The van der Waals surface area contributed by atoms with Crippen molar-refractivity contribution in [2.45, 2.75) is 12.5 Å². The Balaban J connectivity index is 2.55. The number of fused-ring (bicyclic) bond motifs is 1. The van der Waals surface area contributed by atoms with Crippen LogP contribution in [-0.2, 0) is 0 Å². The number of para-hydroxylation sites is 1. The van der Waals surface area contributed by atoms with Gasteiger partial charge in [0.25, 0.3) is 5.69 Å². The van der Waals surface area contributed by atoms with E-state index in [0.29, 0.717) is 12.2 Å². The van der Waals surface area contributed by atoms with Crippen LogP contribution in [-0.4, -0.2) is 11.5 Å². The summed E-state index contributed by atoms with van der Waals surface area (Å²) in [6.07, 6.45) is 0.814. The van der Waals surface area contributed by atoms with E-state index in [9.17, 15) is 10.1 Å². The molecule has 1 unspecified atom stereocenters. The predicted molar refractivity (Wildman–Crippen MR) is 53.1 cm³/mol. The molecular formula is C9H11N3O2. The van der Waals surface area contributed by atoms with Crippen LogP contribution in [0.3, 0.4) is 0 Å². The molecular weight excluding hydrogens is 182 g/mol. The Morgan fingerprint density at radius 2 is 2.36 bits per heavy atom. The molecule has 2 rings (SSSR count). The maximum Gasteiger partial charge on any atom is 0.292 e. The Morgan fingerprint density at radius 3 is 3.07 bits per heavy atom. The van der Waals surface area contributed by atoms with Crippen molar-refractivity contribution in [1.29, 1.82) is 0 Å². The lowest BCUT2D eigenvalue weighted by Crippen LogP contribution is -2.23. The number of nitrogens with two attached hydrogens (primary N) is 1. The first-order chi connectivity index (χ1) is 6.70. The molecule has 0 fully saturated rings. The standard InChI is InChI=1S/C9H11N3O2/c10-7-4-5-11-9-6(7)2-1-3-8(9)12(13)14/h1-3,7,11H,4-5,10H2. The van der Waals surface area contributed by atoms with Crippen LogP contribution in [0.5, 0.6) is 0 Å². The number of nitrogens with one attached hydrogen (secondary N) is 1. The SMILES string of the molecule is NC1CCNc2c1cccc2[N+](=O)[O-]. The summed E-state index contributed by atoms with van der Waals surface area (Å²) in [5.74, 6) is 0. The summed E-state index contributed by atoms with van der Waals surface area (Å²) in [4.78, 5) is 10.3. The number of nitrogens with zero attached hydrogens (tertiary/aromatic N) is 1.